The highest BCUT2D eigenvalue weighted by Gasteiger charge is 2.13. The van der Waals surface area contributed by atoms with Crippen LogP contribution in [0.2, 0.25) is 0 Å². The van der Waals surface area contributed by atoms with Crippen LogP contribution >= 0.6 is 11.3 Å². The number of aromatic nitrogens is 1. The van der Waals surface area contributed by atoms with E-state index in [0.29, 0.717) is 0 Å². The van der Waals surface area contributed by atoms with Gasteiger partial charge in [0.05, 0.1) is 17.2 Å². The summed E-state index contributed by atoms with van der Waals surface area (Å²) in [7, 11) is 2.01. The van der Waals surface area contributed by atoms with Crippen molar-refractivity contribution >= 4 is 22.2 Å². The zero-order chi connectivity index (χ0) is 13.8. The van der Waals surface area contributed by atoms with Crippen LogP contribution in [-0.2, 0) is 13.0 Å². The largest absolute Gasteiger partial charge is 0.391 e. The molecule has 1 heterocycles. The third-order valence-electron chi connectivity index (χ3n) is 3.11. The summed E-state index contributed by atoms with van der Waals surface area (Å²) in [5, 5.41) is 10.3. The summed E-state index contributed by atoms with van der Waals surface area (Å²) < 4.78 is 0. The second kappa shape index (κ2) is 6.17. The summed E-state index contributed by atoms with van der Waals surface area (Å²) in [6.07, 6.45) is 1.97. The van der Waals surface area contributed by atoms with Crippen molar-refractivity contribution in [3.63, 3.8) is 0 Å². The Morgan fingerprint density at radius 1 is 1.26 bits per heavy atom. The highest BCUT2D eigenvalue weighted by atomic mass is 32.1. The lowest BCUT2D eigenvalue weighted by molar-refractivity contribution is 0.284. The van der Waals surface area contributed by atoms with Crippen LogP contribution in [0.15, 0.2) is 24.3 Å². The summed E-state index contributed by atoms with van der Waals surface area (Å²) in [6.45, 7) is 4.29. The van der Waals surface area contributed by atoms with Crippen LogP contribution in [0.25, 0.3) is 0 Å². The average molecular weight is 276 g/mol. The molecular weight excluding hydrogens is 256 g/mol. The highest BCUT2D eigenvalue weighted by molar-refractivity contribution is 7.15. The predicted molar refractivity (Wildman–Crippen MR) is 81.3 cm³/mol. The van der Waals surface area contributed by atoms with Gasteiger partial charge in [0, 0.05) is 12.7 Å². The molecule has 3 nitrogen and oxygen atoms in total. The maximum Gasteiger partial charge on any atom is 0.190 e. The number of aryl methyl sites for hydroxylation is 2. The normalized spacial score (nSPS) is 10.7. The van der Waals surface area contributed by atoms with Crippen LogP contribution < -0.4 is 4.90 Å². The number of hydrogen-bond donors (Lipinski definition) is 1. The molecule has 0 unspecified atom stereocenters. The fourth-order valence-corrected chi connectivity index (χ4v) is 2.90. The molecule has 0 aliphatic heterocycles. The van der Waals surface area contributed by atoms with Gasteiger partial charge in [-0.15, -0.1) is 0 Å². The number of thiazole rings is 1. The topological polar surface area (TPSA) is 36.4 Å². The summed E-state index contributed by atoms with van der Waals surface area (Å²) in [5.41, 5.74) is 3.40. The molecule has 1 N–H and O–H groups in total. The maximum atomic E-state index is 9.40. The van der Waals surface area contributed by atoms with Gasteiger partial charge in [0.2, 0.25) is 0 Å². The van der Waals surface area contributed by atoms with Crippen LogP contribution in [0.3, 0.4) is 0 Å². The van der Waals surface area contributed by atoms with Gasteiger partial charge in [0.1, 0.15) is 0 Å². The van der Waals surface area contributed by atoms with Crippen molar-refractivity contribution in [1.82, 2.24) is 4.98 Å². The number of anilines is 2. The summed E-state index contributed by atoms with van der Waals surface area (Å²) in [6, 6.07) is 8.38. The van der Waals surface area contributed by atoms with E-state index in [1.54, 1.807) is 11.3 Å². The minimum Gasteiger partial charge on any atom is -0.391 e. The zero-order valence-electron chi connectivity index (χ0n) is 11.7. The third-order valence-corrected chi connectivity index (χ3v) is 4.26. The molecule has 1 aromatic carbocycles. The van der Waals surface area contributed by atoms with Crippen LogP contribution in [0.4, 0.5) is 10.8 Å². The zero-order valence-corrected chi connectivity index (χ0v) is 12.5. The highest BCUT2D eigenvalue weighted by Crippen LogP contribution is 2.31. The van der Waals surface area contributed by atoms with E-state index in [-0.39, 0.29) is 6.61 Å². The molecule has 102 valence electrons. The maximum absolute atomic E-state index is 9.40. The SMILES string of the molecule is CCCc1nc(N(C)c2ccc(C)cc2)sc1CO. The minimum absolute atomic E-state index is 0.0781. The number of benzene rings is 1. The Kier molecular flexibility index (Phi) is 4.56. The molecule has 0 radical (unpaired) electrons. The smallest absolute Gasteiger partial charge is 0.190 e. The number of hydrogen-bond acceptors (Lipinski definition) is 4. The van der Waals surface area contributed by atoms with Crippen molar-refractivity contribution in [3.8, 4) is 0 Å². The molecule has 0 fully saturated rings. The van der Waals surface area contributed by atoms with E-state index in [4.69, 9.17) is 0 Å². The number of rotatable bonds is 5. The van der Waals surface area contributed by atoms with E-state index < -0.39 is 0 Å². The van der Waals surface area contributed by atoms with E-state index in [1.165, 1.54) is 5.56 Å². The lowest BCUT2D eigenvalue weighted by Gasteiger charge is -2.15. The Bertz CT molecular complexity index is 534. The first-order valence-corrected chi connectivity index (χ1v) is 7.37. The quantitative estimate of drug-likeness (QED) is 0.905. The van der Waals surface area contributed by atoms with Crippen molar-refractivity contribution in [2.45, 2.75) is 33.3 Å². The first-order chi connectivity index (χ1) is 9.15. The lowest BCUT2D eigenvalue weighted by atomic mass is 10.2. The van der Waals surface area contributed by atoms with Gasteiger partial charge in [-0.2, -0.15) is 0 Å². The average Bonchev–Trinajstić information content (AvgIpc) is 2.82. The Balaban J connectivity index is 2.28. The van der Waals surface area contributed by atoms with Crippen molar-refractivity contribution in [2.75, 3.05) is 11.9 Å². The summed E-state index contributed by atoms with van der Waals surface area (Å²) in [4.78, 5) is 7.71. The van der Waals surface area contributed by atoms with Gasteiger partial charge >= 0.3 is 0 Å². The fourth-order valence-electron chi connectivity index (χ4n) is 1.95. The molecule has 0 aliphatic rings. The van der Waals surface area contributed by atoms with Crippen molar-refractivity contribution < 1.29 is 5.11 Å². The third kappa shape index (κ3) is 3.14. The molecule has 2 aromatic rings. The molecular formula is C15H20N2OS. The molecule has 0 saturated carbocycles. The fraction of sp³-hybridized carbons (Fsp3) is 0.400. The molecule has 0 bridgehead atoms. The molecule has 0 amide bonds. The number of aliphatic hydroxyl groups excluding tert-OH is 1. The standard InChI is InChI=1S/C15H20N2OS/c1-4-5-13-14(10-18)19-15(16-13)17(3)12-8-6-11(2)7-9-12/h6-9,18H,4-5,10H2,1-3H3. The first-order valence-electron chi connectivity index (χ1n) is 6.55. The second-order valence-corrected chi connectivity index (χ2v) is 5.73. The van der Waals surface area contributed by atoms with Gasteiger partial charge < -0.3 is 10.0 Å². The Morgan fingerprint density at radius 3 is 2.53 bits per heavy atom. The lowest BCUT2D eigenvalue weighted by Crippen LogP contribution is -2.09. The molecule has 19 heavy (non-hydrogen) atoms. The van der Waals surface area contributed by atoms with E-state index in [1.807, 2.05) is 7.05 Å². The molecule has 1 aromatic heterocycles. The first kappa shape index (κ1) is 14.0. The van der Waals surface area contributed by atoms with Crippen LogP contribution in [-0.4, -0.2) is 17.1 Å². The summed E-state index contributed by atoms with van der Waals surface area (Å²) in [5.74, 6) is 0. The molecule has 2 rings (SSSR count). The van der Waals surface area contributed by atoms with Gasteiger partial charge in [-0.25, -0.2) is 4.98 Å². The second-order valence-electron chi connectivity index (χ2n) is 4.67. The van der Waals surface area contributed by atoms with Gasteiger partial charge in [0.25, 0.3) is 0 Å². The molecule has 0 spiro atoms. The monoisotopic (exact) mass is 276 g/mol. The Morgan fingerprint density at radius 2 is 1.95 bits per heavy atom. The molecule has 0 saturated heterocycles. The Hall–Kier alpha value is -1.39. The van der Waals surface area contributed by atoms with Crippen LogP contribution in [0, 0.1) is 6.92 Å². The summed E-state index contributed by atoms with van der Waals surface area (Å²) >= 11 is 1.57. The molecule has 0 atom stereocenters. The van der Waals surface area contributed by atoms with Crippen molar-refractivity contribution in [2.24, 2.45) is 0 Å². The van der Waals surface area contributed by atoms with Crippen molar-refractivity contribution in [3.05, 3.63) is 40.4 Å². The molecule has 0 aliphatic carbocycles. The van der Waals surface area contributed by atoms with Crippen LogP contribution in [0.1, 0.15) is 29.5 Å². The van der Waals surface area contributed by atoms with E-state index in [0.717, 1.165) is 34.2 Å². The predicted octanol–water partition coefficient (Wildman–Crippen LogP) is 3.66. The van der Waals surface area contributed by atoms with Crippen LogP contribution in [0.5, 0.6) is 0 Å². The van der Waals surface area contributed by atoms with E-state index in [9.17, 15) is 5.11 Å². The van der Waals surface area contributed by atoms with Gasteiger partial charge in [0.15, 0.2) is 5.13 Å². The number of nitrogens with zero attached hydrogens (tertiary/aromatic N) is 2. The Labute approximate surface area is 118 Å². The minimum atomic E-state index is 0.0781. The van der Waals surface area contributed by atoms with Gasteiger partial charge in [-0.1, -0.05) is 42.4 Å². The van der Waals surface area contributed by atoms with Gasteiger partial charge in [-0.05, 0) is 25.5 Å². The van der Waals surface area contributed by atoms with Gasteiger partial charge in [-0.3, -0.25) is 0 Å². The van der Waals surface area contributed by atoms with E-state index in [2.05, 4.69) is 48.0 Å². The molecule has 4 heteroatoms. The van der Waals surface area contributed by atoms with E-state index >= 15 is 0 Å². The van der Waals surface area contributed by atoms with Crippen molar-refractivity contribution in [1.29, 1.82) is 0 Å². The number of aliphatic hydroxyl groups is 1.